The Bertz CT molecular complexity index is 267. The summed E-state index contributed by atoms with van der Waals surface area (Å²) in [7, 11) is 0. The lowest BCUT2D eigenvalue weighted by molar-refractivity contribution is -0.166. The van der Waals surface area contributed by atoms with E-state index in [4.69, 9.17) is 9.47 Å². The van der Waals surface area contributed by atoms with Crippen LogP contribution in [-0.4, -0.2) is 25.3 Å². The molecule has 1 aliphatic carbocycles. The summed E-state index contributed by atoms with van der Waals surface area (Å²) in [5, 5.41) is 0. The van der Waals surface area contributed by atoms with Gasteiger partial charge in [-0.05, 0) is 31.1 Å². The summed E-state index contributed by atoms with van der Waals surface area (Å²) < 4.78 is 10.9. The molecule has 0 N–H and O–H groups in total. The van der Waals surface area contributed by atoms with Crippen molar-refractivity contribution < 1.29 is 14.3 Å². The monoisotopic (exact) mass is 226 g/mol. The van der Waals surface area contributed by atoms with Crippen molar-refractivity contribution in [1.29, 1.82) is 0 Å². The molecule has 1 aliphatic heterocycles. The maximum absolute atomic E-state index is 12.2. The van der Waals surface area contributed by atoms with Crippen LogP contribution in [0.25, 0.3) is 0 Å². The van der Waals surface area contributed by atoms with Crippen molar-refractivity contribution in [2.75, 3.05) is 13.2 Å². The molecule has 3 heteroatoms. The van der Waals surface area contributed by atoms with Crippen molar-refractivity contribution in [2.45, 2.75) is 52.6 Å². The van der Waals surface area contributed by atoms with Gasteiger partial charge in [-0.2, -0.15) is 0 Å². The molecular weight excluding hydrogens is 204 g/mol. The van der Waals surface area contributed by atoms with E-state index >= 15 is 0 Å². The Morgan fingerprint density at radius 2 is 2.06 bits per heavy atom. The number of carbonyl (C=O) groups excluding carboxylic acids is 1. The fraction of sp³-hybridized carbons (Fsp3) is 0.923. The normalized spacial score (nSPS) is 28.6. The van der Waals surface area contributed by atoms with E-state index in [1.54, 1.807) is 0 Å². The Balaban J connectivity index is 1.93. The number of hydrogen-bond acceptors (Lipinski definition) is 3. The van der Waals surface area contributed by atoms with Crippen molar-refractivity contribution in [3.8, 4) is 0 Å². The van der Waals surface area contributed by atoms with Crippen molar-refractivity contribution in [2.24, 2.45) is 10.8 Å². The van der Waals surface area contributed by atoms with Gasteiger partial charge in [-0.3, -0.25) is 4.79 Å². The number of carbonyl (C=O) groups is 1. The molecule has 92 valence electrons. The minimum absolute atomic E-state index is 0.00417. The lowest BCUT2D eigenvalue weighted by Crippen LogP contribution is -2.37. The van der Waals surface area contributed by atoms with Crippen LogP contribution < -0.4 is 0 Å². The molecule has 3 nitrogen and oxygen atoms in total. The Labute approximate surface area is 97.5 Å². The summed E-state index contributed by atoms with van der Waals surface area (Å²) in [4.78, 5) is 12.2. The highest BCUT2D eigenvalue weighted by atomic mass is 16.6. The first-order chi connectivity index (χ1) is 7.46. The van der Waals surface area contributed by atoms with Crippen LogP contribution in [0.4, 0.5) is 0 Å². The lowest BCUT2D eigenvalue weighted by Gasteiger charge is -2.31. The molecule has 1 atom stereocenters. The molecular formula is C13H22O3. The minimum atomic E-state index is -0.218. The highest BCUT2D eigenvalue weighted by Gasteiger charge is 2.59. The molecule has 16 heavy (non-hydrogen) atoms. The largest absolute Gasteiger partial charge is 0.459 e. The second-order valence-electron chi connectivity index (χ2n) is 6.08. The van der Waals surface area contributed by atoms with Crippen LogP contribution in [-0.2, 0) is 14.3 Å². The summed E-state index contributed by atoms with van der Waals surface area (Å²) in [6.45, 7) is 7.75. The van der Waals surface area contributed by atoms with Crippen LogP contribution >= 0.6 is 0 Å². The average Bonchev–Trinajstić information content (AvgIpc) is 2.98. The number of esters is 1. The lowest BCUT2D eigenvalue weighted by atomic mass is 9.77. The summed E-state index contributed by atoms with van der Waals surface area (Å²) in [6, 6.07) is 0. The third kappa shape index (κ3) is 2.10. The molecule has 0 spiro atoms. The molecule has 0 aromatic carbocycles. The second kappa shape index (κ2) is 4.02. The topological polar surface area (TPSA) is 35.5 Å². The second-order valence-corrected chi connectivity index (χ2v) is 6.08. The highest BCUT2D eigenvalue weighted by Crippen LogP contribution is 2.59. The quantitative estimate of drug-likeness (QED) is 0.679. The molecule has 1 heterocycles. The van der Waals surface area contributed by atoms with E-state index in [-0.39, 0.29) is 22.9 Å². The van der Waals surface area contributed by atoms with Gasteiger partial charge in [-0.15, -0.1) is 0 Å². The maximum Gasteiger partial charge on any atom is 0.312 e. The molecule has 0 aromatic heterocycles. The van der Waals surface area contributed by atoms with Gasteiger partial charge < -0.3 is 9.47 Å². The smallest absolute Gasteiger partial charge is 0.312 e. The minimum Gasteiger partial charge on any atom is -0.459 e. The first kappa shape index (κ1) is 11.9. The molecule has 1 saturated carbocycles. The molecule has 2 fully saturated rings. The van der Waals surface area contributed by atoms with Gasteiger partial charge in [0.1, 0.15) is 6.10 Å². The van der Waals surface area contributed by atoms with Crippen LogP contribution in [0, 0.1) is 10.8 Å². The van der Waals surface area contributed by atoms with Crippen molar-refractivity contribution >= 4 is 5.97 Å². The van der Waals surface area contributed by atoms with Gasteiger partial charge in [0, 0.05) is 6.61 Å². The number of rotatable bonds is 2. The van der Waals surface area contributed by atoms with Crippen LogP contribution in [0.1, 0.15) is 46.5 Å². The van der Waals surface area contributed by atoms with Gasteiger partial charge >= 0.3 is 5.97 Å². The molecule has 0 bridgehead atoms. The number of hydrogen-bond donors (Lipinski definition) is 0. The van der Waals surface area contributed by atoms with Gasteiger partial charge in [-0.1, -0.05) is 20.8 Å². The van der Waals surface area contributed by atoms with Crippen molar-refractivity contribution in [3.05, 3.63) is 0 Å². The third-order valence-corrected chi connectivity index (χ3v) is 3.97. The van der Waals surface area contributed by atoms with Crippen molar-refractivity contribution in [1.82, 2.24) is 0 Å². The molecule has 0 aromatic rings. The zero-order chi connectivity index (χ0) is 11.8. The Hall–Kier alpha value is -0.570. The van der Waals surface area contributed by atoms with Crippen LogP contribution in [0.2, 0.25) is 0 Å². The summed E-state index contributed by atoms with van der Waals surface area (Å²) >= 11 is 0. The zero-order valence-electron chi connectivity index (χ0n) is 10.5. The fourth-order valence-electron chi connectivity index (χ4n) is 2.45. The first-order valence-electron chi connectivity index (χ1n) is 6.24. The van der Waals surface area contributed by atoms with Gasteiger partial charge in [0.05, 0.1) is 12.0 Å². The summed E-state index contributed by atoms with van der Waals surface area (Å²) in [5.74, 6) is -0.00417. The SMILES string of the molecule is CC(C)(C)C1(C(=O)OC2CCCOC2)CC1. The standard InChI is InChI=1S/C13H22O3/c1-12(2,3)13(6-7-13)11(14)16-10-5-4-8-15-9-10/h10H,4-9H2,1-3H3. The van der Waals surface area contributed by atoms with Crippen LogP contribution in [0.3, 0.4) is 0 Å². The maximum atomic E-state index is 12.2. The molecule has 2 rings (SSSR count). The van der Waals surface area contributed by atoms with E-state index < -0.39 is 0 Å². The molecule has 1 unspecified atom stereocenters. The molecule has 0 amide bonds. The fourth-order valence-corrected chi connectivity index (χ4v) is 2.45. The average molecular weight is 226 g/mol. The number of ether oxygens (including phenoxy) is 2. The van der Waals surface area contributed by atoms with E-state index in [0.29, 0.717) is 6.61 Å². The van der Waals surface area contributed by atoms with Crippen LogP contribution in [0.5, 0.6) is 0 Å². The molecule has 1 saturated heterocycles. The van der Waals surface area contributed by atoms with Gasteiger partial charge in [0.25, 0.3) is 0 Å². The van der Waals surface area contributed by atoms with E-state index in [1.165, 1.54) is 0 Å². The Morgan fingerprint density at radius 3 is 2.50 bits per heavy atom. The summed E-state index contributed by atoms with van der Waals surface area (Å²) in [6.07, 6.45) is 3.89. The van der Waals surface area contributed by atoms with E-state index in [0.717, 1.165) is 32.3 Å². The van der Waals surface area contributed by atoms with Gasteiger partial charge in [-0.25, -0.2) is 0 Å². The van der Waals surface area contributed by atoms with E-state index in [9.17, 15) is 4.79 Å². The third-order valence-electron chi connectivity index (χ3n) is 3.97. The molecule has 2 aliphatic rings. The van der Waals surface area contributed by atoms with Crippen LogP contribution in [0.15, 0.2) is 0 Å². The summed E-state index contributed by atoms with van der Waals surface area (Å²) in [5.41, 5.74) is -0.204. The predicted molar refractivity (Wildman–Crippen MR) is 61.1 cm³/mol. The van der Waals surface area contributed by atoms with Crippen molar-refractivity contribution in [3.63, 3.8) is 0 Å². The highest BCUT2D eigenvalue weighted by molar-refractivity contribution is 5.81. The molecule has 0 radical (unpaired) electrons. The van der Waals surface area contributed by atoms with E-state index in [1.807, 2.05) is 0 Å². The Morgan fingerprint density at radius 1 is 1.38 bits per heavy atom. The van der Waals surface area contributed by atoms with Gasteiger partial charge in [0.15, 0.2) is 0 Å². The zero-order valence-corrected chi connectivity index (χ0v) is 10.5. The van der Waals surface area contributed by atoms with Gasteiger partial charge in [0.2, 0.25) is 0 Å². The first-order valence-corrected chi connectivity index (χ1v) is 6.24. The Kier molecular flexibility index (Phi) is 2.99. The predicted octanol–water partition coefficient (Wildman–Crippen LogP) is 2.53. The van der Waals surface area contributed by atoms with E-state index in [2.05, 4.69) is 20.8 Å².